The second-order valence-corrected chi connectivity index (χ2v) is 5.26. The highest BCUT2D eigenvalue weighted by molar-refractivity contribution is 5.28. The molecule has 1 rings (SSSR count). The Hall–Kier alpha value is -1.17. The van der Waals surface area contributed by atoms with Crippen LogP contribution >= 0.6 is 0 Å². The van der Waals surface area contributed by atoms with E-state index in [2.05, 4.69) is 0 Å². The van der Waals surface area contributed by atoms with Gasteiger partial charge in [-0.1, -0.05) is 37.6 Å². The average Bonchev–Trinajstić information content (AvgIpc) is 2.37. The predicted molar refractivity (Wildman–Crippen MR) is 70.4 cm³/mol. The van der Waals surface area contributed by atoms with Crippen LogP contribution in [0.15, 0.2) is 24.3 Å². The van der Waals surface area contributed by atoms with E-state index in [-0.39, 0.29) is 0 Å². The van der Waals surface area contributed by atoms with Crippen molar-refractivity contribution in [3.05, 3.63) is 35.4 Å². The highest BCUT2D eigenvalue weighted by atomic mass is 19.4. The van der Waals surface area contributed by atoms with Gasteiger partial charge in [-0.3, -0.25) is 0 Å². The first-order chi connectivity index (χ1) is 9.55. The van der Waals surface area contributed by atoms with Crippen LogP contribution in [0.2, 0.25) is 0 Å². The molecule has 0 aliphatic heterocycles. The molecule has 0 aromatic heterocycles. The minimum absolute atomic E-state index is 0.319. The van der Waals surface area contributed by atoms with E-state index >= 15 is 0 Å². The van der Waals surface area contributed by atoms with Crippen LogP contribution in [0.5, 0.6) is 0 Å². The molecule has 1 unspecified atom stereocenters. The summed E-state index contributed by atoms with van der Waals surface area (Å²) in [6.07, 6.45) is -5.46. The Morgan fingerprint density at radius 3 is 2.19 bits per heavy atom. The molecule has 0 aliphatic rings. The molecule has 0 amide bonds. The maximum atomic E-state index is 13.3. The molecule has 0 aliphatic carbocycles. The van der Waals surface area contributed by atoms with Gasteiger partial charge in [-0.2, -0.15) is 22.0 Å². The van der Waals surface area contributed by atoms with Crippen molar-refractivity contribution in [3.8, 4) is 0 Å². The van der Waals surface area contributed by atoms with Crippen molar-refractivity contribution in [1.82, 2.24) is 0 Å². The lowest BCUT2D eigenvalue weighted by molar-refractivity contribution is -0.298. The third-order valence-electron chi connectivity index (χ3n) is 3.50. The molecule has 0 spiro atoms. The van der Waals surface area contributed by atoms with Crippen LogP contribution in [-0.4, -0.2) is 19.2 Å². The number of hydrogen-bond acceptors (Lipinski definition) is 1. The highest BCUT2D eigenvalue weighted by Crippen LogP contribution is 2.45. The molecule has 0 bridgehead atoms. The number of rotatable bonds is 6. The molecule has 0 heterocycles. The molecule has 0 saturated heterocycles. The monoisotopic (exact) mass is 310 g/mol. The summed E-state index contributed by atoms with van der Waals surface area (Å²) < 4.78 is 68.9. The fourth-order valence-corrected chi connectivity index (χ4v) is 2.16. The zero-order valence-electron chi connectivity index (χ0n) is 12.2. The Morgan fingerprint density at radius 2 is 1.71 bits per heavy atom. The lowest BCUT2D eigenvalue weighted by atomic mass is 9.87. The van der Waals surface area contributed by atoms with Gasteiger partial charge in [0.2, 0.25) is 0 Å². The van der Waals surface area contributed by atoms with Gasteiger partial charge < -0.3 is 4.74 Å². The lowest BCUT2D eigenvalue weighted by Gasteiger charge is -2.33. The number of halogens is 5. The molecule has 6 heteroatoms. The molecule has 0 fully saturated rings. The summed E-state index contributed by atoms with van der Waals surface area (Å²) in [6.45, 7) is 3.21. The van der Waals surface area contributed by atoms with Gasteiger partial charge >= 0.3 is 12.1 Å². The first kappa shape index (κ1) is 17.9. The molecule has 1 nitrogen and oxygen atoms in total. The zero-order chi connectivity index (χ0) is 16.3. The van der Waals surface area contributed by atoms with Crippen molar-refractivity contribution in [2.75, 3.05) is 7.11 Å². The van der Waals surface area contributed by atoms with E-state index in [0.29, 0.717) is 5.56 Å². The molecule has 1 aromatic rings. The van der Waals surface area contributed by atoms with Crippen LogP contribution in [0.25, 0.3) is 0 Å². The number of alkyl halides is 5. The minimum atomic E-state index is -5.59. The smallest absolute Gasteiger partial charge is 0.374 e. The first-order valence-electron chi connectivity index (χ1n) is 6.65. The standard InChI is InChI=1S/C15H19F5O/c1-4-6-11-7-5-8-12(9-11)13(2,21-3)10-14(16,17)15(18,19)20/h5,7-9H,4,6,10H2,1-3H3. The normalized spacial score (nSPS) is 15.8. The summed E-state index contributed by atoms with van der Waals surface area (Å²) >= 11 is 0. The van der Waals surface area contributed by atoms with Crippen molar-refractivity contribution in [2.24, 2.45) is 0 Å². The molecule has 0 radical (unpaired) electrons. The third-order valence-corrected chi connectivity index (χ3v) is 3.50. The van der Waals surface area contributed by atoms with Crippen LogP contribution in [0.3, 0.4) is 0 Å². The zero-order valence-corrected chi connectivity index (χ0v) is 12.2. The lowest BCUT2D eigenvalue weighted by Crippen LogP contribution is -2.43. The molecule has 120 valence electrons. The van der Waals surface area contributed by atoms with Gasteiger partial charge in [-0.25, -0.2) is 0 Å². The summed E-state index contributed by atoms with van der Waals surface area (Å²) in [6, 6.07) is 6.59. The number of hydrogen-bond donors (Lipinski definition) is 0. The second-order valence-electron chi connectivity index (χ2n) is 5.26. The molecular weight excluding hydrogens is 291 g/mol. The van der Waals surface area contributed by atoms with Crippen LogP contribution in [-0.2, 0) is 16.8 Å². The van der Waals surface area contributed by atoms with Crippen molar-refractivity contribution in [3.63, 3.8) is 0 Å². The van der Waals surface area contributed by atoms with Crippen LogP contribution in [0, 0.1) is 0 Å². The van der Waals surface area contributed by atoms with Crippen molar-refractivity contribution in [2.45, 2.75) is 50.8 Å². The van der Waals surface area contributed by atoms with E-state index < -0.39 is 24.1 Å². The Balaban J connectivity index is 3.12. The number of methoxy groups -OCH3 is 1. The van der Waals surface area contributed by atoms with E-state index in [0.717, 1.165) is 25.5 Å². The fraction of sp³-hybridized carbons (Fsp3) is 0.600. The summed E-state index contributed by atoms with van der Waals surface area (Å²) in [7, 11) is 1.14. The van der Waals surface area contributed by atoms with Crippen molar-refractivity contribution in [1.29, 1.82) is 0 Å². The van der Waals surface area contributed by atoms with Crippen LogP contribution < -0.4 is 0 Å². The minimum Gasteiger partial charge on any atom is -0.374 e. The van der Waals surface area contributed by atoms with Gasteiger partial charge in [0, 0.05) is 7.11 Å². The van der Waals surface area contributed by atoms with E-state index in [1.54, 1.807) is 12.1 Å². The number of benzene rings is 1. The van der Waals surface area contributed by atoms with Gasteiger partial charge in [-0.15, -0.1) is 0 Å². The van der Waals surface area contributed by atoms with Gasteiger partial charge in [0.05, 0.1) is 12.0 Å². The van der Waals surface area contributed by atoms with Crippen molar-refractivity contribution < 1.29 is 26.7 Å². The summed E-state index contributed by atoms with van der Waals surface area (Å²) in [5.41, 5.74) is -0.503. The summed E-state index contributed by atoms with van der Waals surface area (Å²) in [5.74, 6) is -4.81. The maximum Gasteiger partial charge on any atom is 0.453 e. The Morgan fingerprint density at radius 1 is 1.10 bits per heavy atom. The molecular formula is C15H19F5O. The van der Waals surface area contributed by atoms with Crippen molar-refractivity contribution >= 4 is 0 Å². The Kier molecular flexibility index (Phi) is 5.36. The molecule has 1 aromatic carbocycles. The van der Waals surface area contributed by atoms with E-state index in [9.17, 15) is 22.0 Å². The molecule has 1 atom stereocenters. The molecule has 0 N–H and O–H groups in total. The Bertz CT molecular complexity index is 469. The third kappa shape index (κ3) is 4.15. The average molecular weight is 310 g/mol. The summed E-state index contributed by atoms with van der Waals surface area (Å²) in [4.78, 5) is 0. The second kappa shape index (κ2) is 6.30. The highest BCUT2D eigenvalue weighted by Gasteiger charge is 2.60. The summed E-state index contributed by atoms with van der Waals surface area (Å²) in [5, 5.41) is 0. The maximum absolute atomic E-state index is 13.3. The van der Waals surface area contributed by atoms with E-state index in [4.69, 9.17) is 4.74 Å². The SMILES string of the molecule is CCCc1cccc(C(C)(CC(F)(F)C(F)(F)F)OC)c1. The van der Waals surface area contributed by atoms with E-state index in [1.165, 1.54) is 13.0 Å². The number of ether oxygens (including phenoxy) is 1. The fourth-order valence-electron chi connectivity index (χ4n) is 2.16. The molecule has 0 saturated carbocycles. The van der Waals surface area contributed by atoms with Gasteiger partial charge in [0.15, 0.2) is 0 Å². The van der Waals surface area contributed by atoms with Gasteiger partial charge in [-0.05, 0) is 24.5 Å². The first-order valence-corrected chi connectivity index (χ1v) is 6.65. The van der Waals surface area contributed by atoms with Gasteiger partial charge in [0.25, 0.3) is 0 Å². The topological polar surface area (TPSA) is 9.23 Å². The molecule has 21 heavy (non-hydrogen) atoms. The Labute approximate surface area is 121 Å². The van der Waals surface area contributed by atoms with Crippen LogP contribution in [0.1, 0.15) is 37.8 Å². The predicted octanol–water partition coefficient (Wildman–Crippen LogP) is 5.09. The quantitative estimate of drug-likeness (QED) is 0.665. The van der Waals surface area contributed by atoms with E-state index in [1.807, 2.05) is 13.0 Å². The number of aryl methyl sites for hydroxylation is 1. The van der Waals surface area contributed by atoms with Crippen LogP contribution in [0.4, 0.5) is 22.0 Å². The van der Waals surface area contributed by atoms with Gasteiger partial charge in [0.1, 0.15) is 0 Å². The largest absolute Gasteiger partial charge is 0.453 e.